The molecule has 2 amide bonds. The number of nitrogens with one attached hydrogen (secondary N) is 2. The van der Waals surface area contributed by atoms with E-state index in [1.807, 2.05) is 18.2 Å². The minimum Gasteiger partial charge on any atom is -0.450 e. The molecule has 0 unspecified atom stereocenters. The molecule has 0 aliphatic heterocycles. The predicted octanol–water partition coefficient (Wildman–Crippen LogP) is 3.64. The second-order valence-electron chi connectivity index (χ2n) is 5.06. The smallest absolute Gasteiger partial charge is 0.407 e. The van der Waals surface area contributed by atoms with Gasteiger partial charge in [-0.1, -0.05) is 42.5 Å². The van der Waals surface area contributed by atoms with Gasteiger partial charge in [0, 0.05) is 0 Å². The van der Waals surface area contributed by atoms with Gasteiger partial charge < -0.3 is 15.4 Å². The molecule has 0 heterocycles. The first-order valence-corrected chi connectivity index (χ1v) is 7.62. The lowest BCUT2D eigenvalue weighted by molar-refractivity contribution is -0.116. The molecule has 2 aromatic carbocycles. The molecular weight excluding hydrogens is 311 g/mol. The average molecular weight is 330 g/mol. The van der Waals surface area contributed by atoms with E-state index in [9.17, 15) is 14.0 Å². The van der Waals surface area contributed by atoms with Crippen molar-refractivity contribution in [1.29, 1.82) is 0 Å². The number of amides is 2. The molecule has 126 valence electrons. The number of ether oxygens (including phenoxy) is 1. The number of anilines is 1. The van der Waals surface area contributed by atoms with Gasteiger partial charge in [0.1, 0.15) is 5.82 Å². The van der Waals surface area contributed by atoms with Gasteiger partial charge in [0.15, 0.2) is 0 Å². The molecule has 24 heavy (non-hydrogen) atoms. The summed E-state index contributed by atoms with van der Waals surface area (Å²) in [4.78, 5) is 23.9. The van der Waals surface area contributed by atoms with Gasteiger partial charge >= 0.3 is 6.09 Å². The Morgan fingerprint density at radius 3 is 2.42 bits per heavy atom. The second-order valence-corrected chi connectivity index (χ2v) is 5.06. The molecule has 0 saturated heterocycles. The van der Waals surface area contributed by atoms with Gasteiger partial charge in [-0.3, -0.25) is 4.79 Å². The van der Waals surface area contributed by atoms with Crippen LogP contribution in [0.2, 0.25) is 0 Å². The molecule has 2 N–H and O–H groups in total. The Hall–Kier alpha value is -2.89. The van der Waals surface area contributed by atoms with Crippen molar-refractivity contribution in [3.05, 3.63) is 66.0 Å². The summed E-state index contributed by atoms with van der Waals surface area (Å²) in [6.07, 6.45) is -0.651. The Balaban J connectivity index is 2.08. The molecule has 0 radical (unpaired) electrons. The second kappa shape index (κ2) is 8.67. The highest BCUT2D eigenvalue weighted by Crippen LogP contribution is 2.19. The van der Waals surface area contributed by atoms with Gasteiger partial charge in [-0.2, -0.15) is 0 Å². The highest BCUT2D eigenvalue weighted by molar-refractivity contribution is 5.91. The van der Waals surface area contributed by atoms with Crippen LogP contribution in [0.25, 0.3) is 0 Å². The minimum atomic E-state index is -0.606. The first kappa shape index (κ1) is 17.5. The van der Waals surface area contributed by atoms with Crippen LogP contribution >= 0.6 is 0 Å². The fourth-order valence-corrected chi connectivity index (χ4v) is 2.20. The van der Waals surface area contributed by atoms with E-state index >= 15 is 0 Å². The van der Waals surface area contributed by atoms with Crippen molar-refractivity contribution in [2.24, 2.45) is 0 Å². The monoisotopic (exact) mass is 330 g/mol. The van der Waals surface area contributed by atoms with Crippen LogP contribution in [-0.4, -0.2) is 18.6 Å². The van der Waals surface area contributed by atoms with Crippen LogP contribution in [0, 0.1) is 5.82 Å². The summed E-state index contributed by atoms with van der Waals surface area (Å²) in [5, 5.41) is 5.16. The summed E-state index contributed by atoms with van der Waals surface area (Å²) < 4.78 is 18.5. The third-order valence-electron chi connectivity index (χ3n) is 3.31. The van der Waals surface area contributed by atoms with E-state index in [0.29, 0.717) is 0 Å². The van der Waals surface area contributed by atoms with E-state index in [0.717, 1.165) is 5.56 Å². The van der Waals surface area contributed by atoms with Gasteiger partial charge in [0.25, 0.3) is 0 Å². The maximum atomic E-state index is 13.6. The van der Waals surface area contributed by atoms with Crippen LogP contribution in [-0.2, 0) is 9.53 Å². The highest BCUT2D eigenvalue weighted by Gasteiger charge is 2.19. The van der Waals surface area contributed by atoms with Crippen LogP contribution in [0.15, 0.2) is 54.6 Å². The molecule has 2 aromatic rings. The lowest BCUT2D eigenvalue weighted by atomic mass is 10.0. The summed E-state index contributed by atoms with van der Waals surface area (Å²) in [6.45, 7) is 1.93. The van der Waals surface area contributed by atoms with Crippen LogP contribution in [0.5, 0.6) is 0 Å². The summed E-state index contributed by atoms with van der Waals surface area (Å²) in [5.74, 6) is -0.925. The Morgan fingerprint density at radius 1 is 1.08 bits per heavy atom. The normalized spacial score (nSPS) is 11.4. The van der Waals surface area contributed by atoms with Crippen molar-refractivity contribution in [1.82, 2.24) is 5.32 Å². The third-order valence-corrected chi connectivity index (χ3v) is 3.31. The first-order chi connectivity index (χ1) is 11.6. The quantitative estimate of drug-likeness (QED) is 0.850. The number of halogens is 1. The van der Waals surface area contributed by atoms with E-state index in [4.69, 9.17) is 4.74 Å². The van der Waals surface area contributed by atoms with Crippen molar-refractivity contribution in [2.45, 2.75) is 19.4 Å². The molecule has 0 aliphatic carbocycles. The van der Waals surface area contributed by atoms with E-state index in [2.05, 4.69) is 10.6 Å². The van der Waals surface area contributed by atoms with Crippen LogP contribution < -0.4 is 10.6 Å². The number of rotatable bonds is 6. The molecule has 5 nitrogen and oxygen atoms in total. The molecule has 0 fully saturated rings. The number of para-hydroxylation sites is 1. The van der Waals surface area contributed by atoms with Crippen molar-refractivity contribution in [3.63, 3.8) is 0 Å². The number of hydrogen-bond acceptors (Lipinski definition) is 3. The summed E-state index contributed by atoms with van der Waals surface area (Å²) in [6, 6.07) is 14.4. The molecule has 0 aromatic heterocycles. The lowest BCUT2D eigenvalue weighted by Crippen LogP contribution is -2.32. The maximum Gasteiger partial charge on any atom is 0.407 e. The van der Waals surface area contributed by atoms with Gasteiger partial charge in [-0.15, -0.1) is 0 Å². The van der Waals surface area contributed by atoms with Gasteiger partial charge in [-0.05, 0) is 24.6 Å². The summed E-state index contributed by atoms with van der Waals surface area (Å²) >= 11 is 0. The summed E-state index contributed by atoms with van der Waals surface area (Å²) in [5.41, 5.74) is 0.861. The van der Waals surface area contributed by atoms with Gasteiger partial charge in [0.2, 0.25) is 5.91 Å². The number of carbonyl (C=O) groups is 2. The minimum absolute atomic E-state index is 0.0445. The Kier molecular flexibility index (Phi) is 6.31. The van der Waals surface area contributed by atoms with Crippen molar-refractivity contribution in [2.75, 3.05) is 11.9 Å². The van der Waals surface area contributed by atoms with Crippen molar-refractivity contribution < 1.29 is 18.7 Å². The third kappa shape index (κ3) is 5.08. The zero-order valence-electron chi connectivity index (χ0n) is 13.3. The van der Waals surface area contributed by atoms with E-state index in [1.54, 1.807) is 31.2 Å². The molecule has 0 bridgehead atoms. The van der Waals surface area contributed by atoms with E-state index in [1.165, 1.54) is 12.1 Å². The molecule has 0 saturated carbocycles. The Bertz CT molecular complexity index is 692. The fraction of sp³-hybridized carbons (Fsp3) is 0.222. The molecule has 6 heteroatoms. The van der Waals surface area contributed by atoms with Crippen molar-refractivity contribution in [3.8, 4) is 0 Å². The van der Waals surface area contributed by atoms with Crippen molar-refractivity contribution >= 4 is 17.7 Å². The number of alkyl carbamates (subject to hydrolysis) is 1. The molecule has 0 aliphatic rings. The zero-order chi connectivity index (χ0) is 17.4. The predicted molar refractivity (Wildman–Crippen MR) is 89.0 cm³/mol. The van der Waals surface area contributed by atoms with Gasteiger partial charge in [-0.25, -0.2) is 9.18 Å². The average Bonchev–Trinajstić information content (AvgIpc) is 2.57. The fourth-order valence-electron chi connectivity index (χ4n) is 2.20. The largest absolute Gasteiger partial charge is 0.450 e. The van der Waals surface area contributed by atoms with E-state index in [-0.39, 0.29) is 18.7 Å². The SMILES string of the molecule is CCOC(=O)N[C@@H](CC(=O)Nc1ccccc1F)c1ccccc1. The maximum absolute atomic E-state index is 13.6. The molecule has 2 rings (SSSR count). The van der Waals surface area contributed by atoms with Crippen LogP contribution in [0.3, 0.4) is 0 Å². The molecule has 0 spiro atoms. The topological polar surface area (TPSA) is 67.4 Å². The van der Waals surface area contributed by atoms with Crippen LogP contribution in [0.4, 0.5) is 14.9 Å². The highest BCUT2D eigenvalue weighted by atomic mass is 19.1. The van der Waals surface area contributed by atoms with Crippen LogP contribution in [0.1, 0.15) is 24.9 Å². The first-order valence-electron chi connectivity index (χ1n) is 7.62. The van der Waals surface area contributed by atoms with Gasteiger partial charge in [0.05, 0.1) is 24.8 Å². The Morgan fingerprint density at radius 2 is 1.75 bits per heavy atom. The lowest BCUT2D eigenvalue weighted by Gasteiger charge is -2.18. The van der Waals surface area contributed by atoms with E-state index < -0.39 is 23.9 Å². The summed E-state index contributed by atoms with van der Waals surface area (Å²) in [7, 11) is 0. The number of carbonyl (C=O) groups excluding carboxylic acids is 2. The standard InChI is InChI=1S/C18H19FN2O3/c1-2-24-18(23)21-16(13-8-4-3-5-9-13)12-17(22)20-15-11-7-6-10-14(15)19/h3-11,16H,2,12H2,1H3,(H,20,22)(H,21,23)/t16-/m0/s1. The number of benzene rings is 2. The molecular formula is C18H19FN2O3. The zero-order valence-corrected chi connectivity index (χ0v) is 13.3. The number of hydrogen-bond donors (Lipinski definition) is 2. The molecule has 1 atom stereocenters. The Labute approximate surface area is 139 Å².